The molecule has 0 fully saturated rings. The molecule has 0 saturated heterocycles. The van der Waals surface area contributed by atoms with E-state index in [0.717, 1.165) is 5.56 Å². The summed E-state index contributed by atoms with van der Waals surface area (Å²) < 4.78 is 0. The molecule has 24 heavy (non-hydrogen) atoms. The summed E-state index contributed by atoms with van der Waals surface area (Å²) >= 11 is 0. The maximum atomic E-state index is 12.4. The van der Waals surface area contributed by atoms with Crippen molar-refractivity contribution in [2.45, 2.75) is 25.4 Å². The van der Waals surface area contributed by atoms with Crippen LogP contribution in [0.4, 0.5) is 0 Å². The average molecular weight is 326 g/mol. The van der Waals surface area contributed by atoms with Crippen molar-refractivity contribution in [3.8, 4) is 0 Å². The first-order valence-electron chi connectivity index (χ1n) is 7.91. The predicted molar refractivity (Wildman–Crippen MR) is 92.4 cm³/mol. The monoisotopic (exact) mass is 326 g/mol. The van der Waals surface area contributed by atoms with Gasteiger partial charge in [-0.05, 0) is 24.6 Å². The van der Waals surface area contributed by atoms with Crippen molar-refractivity contribution in [2.24, 2.45) is 0 Å². The van der Waals surface area contributed by atoms with E-state index in [4.69, 9.17) is 5.11 Å². The molecule has 2 rings (SSSR count). The summed E-state index contributed by atoms with van der Waals surface area (Å²) in [5, 5.41) is 14.7. The summed E-state index contributed by atoms with van der Waals surface area (Å²) in [6, 6.07) is 17.5. The van der Waals surface area contributed by atoms with E-state index in [9.17, 15) is 9.59 Å². The lowest BCUT2D eigenvalue weighted by atomic mass is 10.0. The Morgan fingerprint density at radius 3 is 2.12 bits per heavy atom. The molecule has 2 aromatic rings. The van der Waals surface area contributed by atoms with Crippen LogP contribution in [0.15, 0.2) is 60.7 Å². The topological polar surface area (TPSA) is 78.4 Å². The molecule has 5 heteroatoms. The highest BCUT2D eigenvalue weighted by atomic mass is 16.3. The second kappa shape index (κ2) is 8.84. The van der Waals surface area contributed by atoms with Gasteiger partial charge in [-0.25, -0.2) is 0 Å². The molecule has 2 aromatic carbocycles. The van der Waals surface area contributed by atoms with Crippen LogP contribution in [-0.4, -0.2) is 29.6 Å². The van der Waals surface area contributed by atoms with E-state index in [1.54, 1.807) is 31.2 Å². The second-order valence-corrected chi connectivity index (χ2v) is 5.66. The van der Waals surface area contributed by atoms with Crippen molar-refractivity contribution in [1.82, 2.24) is 10.6 Å². The van der Waals surface area contributed by atoms with Crippen molar-refractivity contribution in [3.05, 3.63) is 71.8 Å². The van der Waals surface area contributed by atoms with E-state index >= 15 is 0 Å². The normalized spacial score (nSPS) is 12.9. The molecule has 0 saturated carbocycles. The first-order chi connectivity index (χ1) is 11.6. The smallest absolute Gasteiger partial charge is 0.251 e. The van der Waals surface area contributed by atoms with Crippen molar-refractivity contribution in [1.29, 1.82) is 0 Å². The molecule has 0 aliphatic heterocycles. The Morgan fingerprint density at radius 2 is 1.54 bits per heavy atom. The standard InChI is InChI=1S/C19H22N2O3/c1-14(13-22)20-18(23)12-17(15-8-4-2-5-9-15)21-19(24)16-10-6-3-7-11-16/h2-11,14,17,22H,12-13H2,1H3,(H,20,23)(H,21,24). The highest BCUT2D eigenvalue weighted by molar-refractivity contribution is 5.94. The molecule has 0 aliphatic rings. The molecule has 0 spiro atoms. The molecule has 0 bridgehead atoms. The van der Waals surface area contributed by atoms with E-state index in [2.05, 4.69) is 10.6 Å². The Labute approximate surface area is 141 Å². The highest BCUT2D eigenvalue weighted by Crippen LogP contribution is 2.17. The lowest BCUT2D eigenvalue weighted by Gasteiger charge is -2.20. The van der Waals surface area contributed by atoms with Crippen LogP contribution in [0.25, 0.3) is 0 Å². The van der Waals surface area contributed by atoms with Crippen LogP contribution in [-0.2, 0) is 4.79 Å². The lowest BCUT2D eigenvalue weighted by molar-refractivity contribution is -0.122. The van der Waals surface area contributed by atoms with Crippen LogP contribution in [0.3, 0.4) is 0 Å². The van der Waals surface area contributed by atoms with Gasteiger partial charge in [0.25, 0.3) is 5.91 Å². The molecule has 126 valence electrons. The largest absolute Gasteiger partial charge is 0.394 e. The van der Waals surface area contributed by atoms with Gasteiger partial charge in [-0.15, -0.1) is 0 Å². The minimum atomic E-state index is -0.440. The van der Waals surface area contributed by atoms with Gasteiger partial charge in [0.2, 0.25) is 5.91 Å². The summed E-state index contributed by atoms with van der Waals surface area (Å²) in [6.07, 6.45) is 0.104. The predicted octanol–water partition coefficient (Wildman–Crippen LogP) is 2.04. The summed E-state index contributed by atoms with van der Waals surface area (Å²) in [5.74, 6) is -0.453. The van der Waals surface area contributed by atoms with E-state index in [1.807, 2.05) is 36.4 Å². The van der Waals surface area contributed by atoms with Crippen LogP contribution in [0.2, 0.25) is 0 Å². The van der Waals surface area contributed by atoms with E-state index < -0.39 is 6.04 Å². The SMILES string of the molecule is CC(CO)NC(=O)CC(NC(=O)c1ccccc1)c1ccccc1. The van der Waals surface area contributed by atoms with Crippen LogP contribution in [0, 0.1) is 0 Å². The Morgan fingerprint density at radius 1 is 0.958 bits per heavy atom. The third-order valence-corrected chi connectivity index (χ3v) is 3.61. The first-order valence-corrected chi connectivity index (χ1v) is 7.91. The maximum absolute atomic E-state index is 12.4. The number of aliphatic hydroxyl groups excluding tert-OH is 1. The second-order valence-electron chi connectivity index (χ2n) is 5.66. The van der Waals surface area contributed by atoms with Crippen molar-refractivity contribution >= 4 is 11.8 Å². The number of amides is 2. The number of carbonyl (C=O) groups excluding carboxylic acids is 2. The van der Waals surface area contributed by atoms with E-state index in [1.165, 1.54) is 0 Å². The fraction of sp³-hybridized carbons (Fsp3) is 0.263. The van der Waals surface area contributed by atoms with Gasteiger partial charge >= 0.3 is 0 Å². The van der Waals surface area contributed by atoms with Gasteiger partial charge in [-0.3, -0.25) is 9.59 Å². The van der Waals surface area contributed by atoms with Crippen molar-refractivity contribution < 1.29 is 14.7 Å². The van der Waals surface area contributed by atoms with Gasteiger partial charge in [0.15, 0.2) is 0 Å². The summed E-state index contributed by atoms with van der Waals surface area (Å²) in [5.41, 5.74) is 1.40. The zero-order chi connectivity index (χ0) is 17.4. The summed E-state index contributed by atoms with van der Waals surface area (Å²) in [7, 11) is 0. The summed E-state index contributed by atoms with van der Waals surface area (Å²) in [4.78, 5) is 24.5. The fourth-order valence-corrected chi connectivity index (χ4v) is 2.33. The van der Waals surface area contributed by atoms with Crippen LogP contribution in [0.5, 0.6) is 0 Å². The van der Waals surface area contributed by atoms with Gasteiger partial charge in [0.05, 0.1) is 19.1 Å². The third-order valence-electron chi connectivity index (χ3n) is 3.61. The highest BCUT2D eigenvalue weighted by Gasteiger charge is 2.19. The zero-order valence-corrected chi connectivity index (χ0v) is 13.6. The number of rotatable bonds is 7. The van der Waals surface area contributed by atoms with Crippen LogP contribution in [0.1, 0.15) is 35.3 Å². The van der Waals surface area contributed by atoms with E-state index in [-0.39, 0.29) is 30.9 Å². The average Bonchev–Trinajstić information content (AvgIpc) is 2.62. The quantitative estimate of drug-likeness (QED) is 0.728. The molecule has 2 atom stereocenters. The van der Waals surface area contributed by atoms with Crippen LogP contribution >= 0.6 is 0 Å². The number of hydrogen-bond donors (Lipinski definition) is 3. The number of hydrogen-bond acceptors (Lipinski definition) is 3. The number of nitrogens with one attached hydrogen (secondary N) is 2. The number of benzene rings is 2. The first kappa shape index (κ1) is 17.7. The fourth-order valence-electron chi connectivity index (χ4n) is 2.33. The number of carbonyl (C=O) groups is 2. The lowest BCUT2D eigenvalue weighted by Crippen LogP contribution is -2.38. The van der Waals surface area contributed by atoms with Gasteiger partial charge in [-0.2, -0.15) is 0 Å². The Balaban J connectivity index is 2.12. The minimum Gasteiger partial charge on any atom is -0.394 e. The van der Waals surface area contributed by atoms with Gasteiger partial charge < -0.3 is 15.7 Å². The molecule has 0 aromatic heterocycles. The molecule has 0 radical (unpaired) electrons. The molecule has 0 aliphatic carbocycles. The molecule has 0 heterocycles. The molecule has 3 N–H and O–H groups in total. The molecule has 2 amide bonds. The summed E-state index contributed by atoms with van der Waals surface area (Å²) in [6.45, 7) is 1.59. The van der Waals surface area contributed by atoms with Crippen LogP contribution < -0.4 is 10.6 Å². The Bertz CT molecular complexity index is 659. The molecular weight excluding hydrogens is 304 g/mol. The van der Waals surface area contributed by atoms with Crippen molar-refractivity contribution in [3.63, 3.8) is 0 Å². The third kappa shape index (κ3) is 5.21. The number of aliphatic hydroxyl groups is 1. The van der Waals surface area contributed by atoms with Gasteiger partial charge in [0.1, 0.15) is 0 Å². The molecule has 5 nitrogen and oxygen atoms in total. The van der Waals surface area contributed by atoms with Gasteiger partial charge in [-0.1, -0.05) is 48.5 Å². The van der Waals surface area contributed by atoms with Gasteiger partial charge in [0, 0.05) is 11.6 Å². The minimum absolute atomic E-state index is 0.104. The Hall–Kier alpha value is -2.66. The molecular formula is C19H22N2O3. The van der Waals surface area contributed by atoms with Crippen molar-refractivity contribution in [2.75, 3.05) is 6.61 Å². The Kier molecular flexibility index (Phi) is 6.51. The maximum Gasteiger partial charge on any atom is 0.251 e. The van der Waals surface area contributed by atoms with E-state index in [0.29, 0.717) is 5.56 Å². The molecule has 2 unspecified atom stereocenters. The zero-order valence-electron chi connectivity index (χ0n) is 13.6.